The molecule has 0 N–H and O–H groups in total. The summed E-state index contributed by atoms with van der Waals surface area (Å²) in [6.07, 6.45) is 6.34. The van der Waals surface area contributed by atoms with Gasteiger partial charge in [0.1, 0.15) is 11.9 Å². The molecule has 2 nitrogen and oxygen atoms in total. The summed E-state index contributed by atoms with van der Waals surface area (Å²) in [5, 5.41) is 0. The zero-order valence-corrected chi connectivity index (χ0v) is 10.2. The molecular formula is C12H24O2. The number of hydrogen-bond acceptors (Lipinski definition) is 2. The van der Waals surface area contributed by atoms with Crippen molar-refractivity contribution in [1.29, 1.82) is 0 Å². The molecule has 0 bridgehead atoms. The highest BCUT2D eigenvalue weighted by Crippen LogP contribution is 2.13. The standard InChI is InChI=1S/C12H24O2/c1-6-8-9-11(7-2)10-13-14-12(3,4)5/h10H,6-9H2,1-5H3. The van der Waals surface area contributed by atoms with Gasteiger partial charge >= 0.3 is 0 Å². The van der Waals surface area contributed by atoms with E-state index in [0.717, 1.165) is 12.8 Å². The monoisotopic (exact) mass is 200 g/mol. The molecule has 0 aliphatic rings. The van der Waals surface area contributed by atoms with E-state index in [1.165, 1.54) is 18.4 Å². The Morgan fingerprint density at radius 3 is 2.29 bits per heavy atom. The Balaban J connectivity index is 3.81. The maximum absolute atomic E-state index is 5.17. The van der Waals surface area contributed by atoms with E-state index in [2.05, 4.69) is 13.8 Å². The van der Waals surface area contributed by atoms with Gasteiger partial charge in [0.25, 0.3) is 0 Å². The zero-order valence-electron chi connectivity index (χ0n) is 10.2. The first kappa shape index (κ1) is 13.5. The quantitative estimate of drug-likeness (QED) is 0.363. The number of rotatable bonds is 6. The molecule has 0 aromatic carbocycles. The lowest BCUT2D eigenvalue weighted by molar-refractivity contribution is -0.311. The van der Waals surface area contributed by atoms with Gasteiger partial charge in [-0.15, -0.1) is 0 Å². The Kier molecular flexibility index (Phi) is 6.64. The Labute approximate surface area is 88.2 Å². The SMILES string of the molecule is CCCCC(=COOC(C)(C)C)CC. The largest absolute Gasteiger partial charge is 0.345 e. The molecule has 0 unspecified atom stereocenters. The van der Waals surface area contributed by atoms with Crippen molar-refractivity contribution in [3.05, 3.63) is 11.8 Å². The van der Waals surface area contributed by atoms with Gasteiger partial charge in [-0.1, -0.05) is 20.3 Å². The van der Waals surface area contributed by atoms with Crippen LogP contribution >= 0.6 is 0 Å². The molecule has 0 saturated carbocycles. The van der Waals surface area contributed by atoms with Crippen molar-refractivity contribution in [3.63, 3.8) is 0 Å². The number of unbranched alkanes of at least 4 members (excludes halogenated alkanes) is 1. The summed E-state index contributed by atoms with van der Waals surface area (Å²) in [4.78, 5) is 10.3. The fraction of sp³-hybridized carbons (Fsp3) is 0.833. The van der Waals surface area contributed by atoms with E-state index in [1.807, 2.05) is 20.8 Å². The van der Waals surface area contributed by atoms with E-state index in [0.29, 0.717) is 0 Å². The Bertz CT molecular complexity index is 166. The average molecular weight is 200 g/mol. The van der Waals surface area contributed by atoms with Crippen LogP contribution < -0.4 is 0 Å². The topological polar surface area (TPSA) is 18.5 Å². The van der Waals surface area contributed by atoms with Gasteiger partial charge in [0.2, 0.25) is 0 Å². The summed E-state index contributed by atoms with van der Waals surface area (Å²) in [7, 11) is 0. The molecule has 0 saturated heterocycles. The smallest absolute Gasteiger partial charge is 0.128 e. The second-order valence-corrected chi connectivity index (χ2v) is 4.53. The van der Waals surface area contributed by atoms with Crippen molar-refractivity contribution >= 4 is 0 Å². The molecule has 0 amide bonds. The maximum atomic E-state index is 5.17. The molecule has 0 aromatic rings. The van der Waals surface area contributed by atoms with Crippen LogP contribution in [0.4, 0.5) is 0 Å². The third-order valence-electron chi connectivity index (χ3n) is 1.82. The lowest BCUT2D eigenvalue weighted by atomic mass is 10.1. The molecule has 0 spiro atoms. The minimum Gasteiger partial charge on any atom is -0.345 e. The summed E-state index contributed by atoms with van der Waals surface area (Å²) < 4.78 is 0. The van der Waals surface area contributed by atoms with Crippen LogP contribution in [0.2, 0.25) is 0 Å². The van der Waals surface area contributed by atoms with Gasteiger partial charge in [-0.2, -0.15) is 4.89 Å². The van der Waals surface area contributed by atoms with Gasteiger partial charge in [-0.3, -0.25) is 0 Å². The molecule has 0 heterocycles. The van der Waals surface area contributed by atoms with Crippen LogP contribution in [0.1, 0.15) is 60.3 Å². The van der Waals surface area contributed by atoms with Crippen LogP contribution in [0, 0.1) is 0 Å². The van der Waals surface area contributed by atoms with E-state index in [4.69, 9.17) is 9.78 Å². The maximum Gasteiger partial charge on any atom is 0.128 e. The minimum atomic E-state index is -0.236. The molecule has 0 aromatic heterocycles. The van der Waals surface area contributed by atoms with Crippen molar-refractivity contribution in [2.45, 2.75) is 65.9 Å². The predicted molar refractivity (Wildman–Crippen MR) is 59.8 cm³/mol. The summed E-state index contributed by atoms with van der Waals surface area (Å²) >= 11 is 0. The molecule has 0 fully saturated rings. The normalized spacial score (nSPS) is 13.1. The van der Waals surface area contributed by atoms with Crippen LogP contribution in [-0.4, -0.2) is 5.60 Å². The molecule has 0 radical (unpaired) electrons. The van der Waals surface area contributed by atoms with Gasteiger partial charge in [0.05, 0.1) is 0 Å². The molecule has 0 atom stereocenters. The highest BCUT2D eigenvalue weighted by Gasteiger charge is 2.11. The van der Waals surface area contributed by atoms with Crippen molar-refractivity contribution in [1.82, 2.24) is 0 Å². The van der Waals surface area contributed by atoms with Gasteiger partial charge in [-0.25, -0.2) is 0 Å². The van der Waals surface area contributed by atoms with Crippen molar-refractivity contribution in [2.24, 2.45) is 0 Å². The third-order valence-corrected chi connectivity index (χ3v) is 1.82. The van der Waals surface area contributed by atoms with E-state index in [9.17, 15) is 0 Å². The lowest BCUT2D eigenvalue weighted by Gasteiger charge is -2.16. The van der Waals surface area contributed by atoms with Crippen molar-refractivity contribution in [3.8, 4) is 0 Å². The van der Waals surface area contributed by atoms with E-state index >= 15 is 0 Å². The number of hydrogen-bond donors (Lipinski definition) is 0. The molecule has 84 valence electrons. The minimum absolute atomic E-state index is 0.236. The first-order valence-electron chi connectivity index (χ1n) is 5.52. The van der Waals surface area contributed by atoms with Crippen LogP contribution in [0.3, 0.4) is 0 Å². The lowest BCUT2D eigenvalue weighted by Crippen LogP contribution is -2.17. The van der Waals surface area contributed by atoms with Gasteiger partial charge < -0.3 is 4.89 Å². The summed E-state index contributed by atoms with van der Waals surface area (Å²) in [5.74, 6) is 0. The van der Waals surface area contributed by atoms with E-state index < -0.39 is 0 Å². The molecular weight excluding hydrogens is 176 g/mol. The van der Waals surface area contributed by atoms with Crippen LogP contribution in [0.5, 0.6) is 0 Å². The predicted octanol–water partition coefficient (Wildman–Crippen LogP) is 4.22. The van der Waals surface area contributed by atoms with Crippen molar-refractivity contribution in [2.75, 3.05) is 0 Å². The van der Waals surface area contributed by atoms with Gasteiger partial charge in [-0.05, 0) is 45.6 Å². The van der Waals surface area contributed by atoms with Crippen LogP contribution in [0.15, 0.2) is 11.8 Å². The average Bonchev–Trinajstić information content (AvgIpc) is 2.09. The highest BCUT2D eigenvalue weighted by atomic mass is 17.2. The second kappa shape index (κ2) is 6.88. The Hall–Kier alpha value is -0.500. The molecule has 14 heavy (non-hydrogen) atoms. The first-order valence-corrected chi connectivity index (χ1v) is 5.52. The summed E-state index contributed by atoms with van der Waals surface area (Å²) in [6, 6.07) is 0. The third kappa shape index (κ3) is 8.11. The molecule has 0 aliphatic carbocycles. The van der Waals surface area contributed by atoms with Crippen LogP contribution in [-0.2, 0) is 9.78 Å². The second-order valence-electron chi connectivity index (χ2n) is 4.53. The van der Waals surface area contributed by atoms with Gasteiger partial charge in [0, 0.05) is 0 Å². The fourth-order valence-electron chi connectivity index (χ4n) is 0.959. The fourth-order valence-corrected chi connectivity index (χ4v) is 0.959. The first-order chi connectivity index (χ1) is 6.49. The Morgan fingerprint density at radius 1 is 1.21 bits per heavy atom. The van der Waals surface area contributed by atoms with Gasteiger partial charge in [0.15, 0.2) is 0 Å². The zero-order chi connectivity index (χ0) is 11.0. The summed E-state index contributed by atoms with van der Waals surface area (Å²) in [5.41, 5.74) is 1.08. The highest BCUT2D eigenvalue weighted by molar-refractivity contribution is 4.96. The van der Waals surface area contributed by atoms with E-state index in [1.54, 1.807) is 6.26 Å². The van der Waals surface area contributed by atoms with Crippen LogP contribution in [0.25, 0.3) is 0 Å². The van der Waals surface area contributed by atoms with Crippen molar-refractivity contribution < 1.29 is 9.78 Å². The molecule has 0 aliphatic heterocycles. The molecule has 0 rings (SSSR count). The summed E-state index contributed by atoms with van der Waals surface area (Å²) in [6.45, 7) is 10.2. The Morgan fingerprint density at radius 2 is 1.86 bits per heavy atom. The molecule has 2 heteroatoms. The number of allylic oxidation sites excluding steroid dienone is 1. The van der Waals surface area contributed by atoms with E-state index in [-0.39, 0.29) is 5.60 Å².